The topological polar surface area (TPSA) is 74.7 Å². The van der Waals surface area contributed by atoms with E-state index in [1.54, 1.807) is 6.92 Å². The third kappa shape index (κ3) is 2.97. The van der Waals surface area contributed by atoms with Crippen LogP contribution in [0.15, 0.2) is 9.64 Å². The lowest BCUT2D eigenvalue weighted by Crippen LogP contribution is -2.44. The Morgan fingerprint density at radius 1 is 1.62 bits per heavy atom. The minimum absolute atomic E-state index is 0.509. The average Bonchev–Trinajstić information content (AvgIpc) is 2.97. The molecular weight excluding hydrogens is 224 g/mol. The van der Waals surface area contributed by atoms with E-state index in [0.717, 1.165) is 0 Å². The summed E-state index contributed by atoms with van der Waals surface area (Å²) in [6, 6.07) is 2.81. The number of hydrogen-bond acceptors (Lipinski definition) is 6. The number of rotatable bonds is 5. The van der Waals surface area contributed by atoms with E-state index >= 15 is 0 Å². The fourth-order valence-corrected chi connectivity index (χ4v) is 2.17. The summed E-state index contributed by atoms with van der Waals surface area (Å²) in [5.74, 6) is 1.16. The maximum absolute atomic E-state index is 9.15. The molecule has 5 nitrogen and oxygen atoms in total. The highest BCUT2D eigenvalue weighted by molar-refractivity contribution is 7.99. The van der Waals surface area contributed by atoms with E-state index in [4.69, 9.17) is 9.68 Å². The van der Waals surface area contributed by atoms with Gasteiger partial charge in [-0.3, -0.25) is 5.32 Å². The summed E-state index contributed by atoms with van der Waals surface area (Å²) in [6.45, 7) is 3.66. The number of nitriles is 1. The van der Waals surface area contributed by atoms with Gasteiger partial charge in [0.05, 0.1) is 6.07 Å². The Labute approximate surface area is 98.6 Å². The van der Waals surface area contributed by atoms with Crippen molar-refractivity contribution in [1.82, 2.24) is 15.5 Å². The van der Waals surface area contributed by atoms with Crippen LogP contribution in [0.1, 0.15) is 25.7 Å². The number of aryl methyl sites for hydroxylation is 1. The predicted molar refractivity (Wildman–Crippen MR) is 59.9 cm³/mol. The molecule has 1 aromatic rings. The number of nitrogens with zero attached hydrogens (tertiary/aromatic N) is 3. The minimum atomic E-state index is -0.520. The minimum Gasteiger partial charge on any atom is -0.416 e. The highest BCUT2D eigenvalue weighted by atomic mass is 32.2. The first-order chi connectivity index (χ1) is 7.61. The lowest BCUT2D eigenvalue weighted by Gasteiger charge is -2.21. The highest BCUT2D eigenvalue weighted by Crippen LogP contribution is 2.26. The van der Waals surface area contributed by atoms with E-state index in [9.17, 15) is 0 Å². The molecule has 0 amide bonds. The van der Waals surface area contributed by atoms with Crippen molar-refractivity contribution in [2.45, 2.75) is 43.5 Å². The van der Waals surface area contributed by atoms with Gasteiger partial charge in [0.15, 0.2) is 0 Å². The first-order valence-corrected chi connectivity index (χ1v) is 6.22. The van der Waals surface area contributed by atoms with Crippen molar-refractivity contribution in [2.24, 2.45) is 0 Å². The van der Waals surface area contributed by atoms with Crippen LogP contribution in [-0.4, -0.2) is 27.5 Å². The van der Waals surface area contributed by atoms with Crippen molar-refractivity contribution in [3.05, 3.63) is 5.89 Å². The molecule has 0 bridgehead atoms. The maximum Gasteiger partial charge on any atom is 0.276 e. The van der Waals surface area contributed by atoms with Gasteiger partial charge in [0.25, 0.3) is 5.22 Å². The van der Waals surface area contributed by atoms with E-state index in [-0.39, 0.29) is 0 Å². The second kappa shape index (κ2) is 4.44. The number of hydrogen-bond donors (Lipinski definition) is 1. The molecule has 1 aliphatic carbocycles. The SMILES string of the molecule is Cc1nnc(SCC(C)(C#N)NC2CC2)o1. The van der Waals surface area contributed by atoms with Gasteiger partial charge in [-0.05, 0) is 19.8 Å². The van der Waals surface area contributed by atoms with Crippen molar-refractivity contribution >= 4 is 11.8 Å². The van der Waals surface area contributed by atoms with Crippen LogP contribution in [0.5, 0.6) is 0 Å². The normalized spacial score (nSPS) is 19.1. The Bertz CT molecular complexity index is 409. The van der Waals surface area contributed by atoms with E-state index < -0.39 is 5.54 Å². The fourth-order valence-electron chi connectivity index (χ4n) is 1.33. The van der Waals surface area contributed by atoms with Crippen LogP contribution in [0.3, 0.4) is 0 Å². The quantitative estimate of drug-likeness (QED) is 0.784. The smallest absolute Gasteiger partial charge is 0.276 e. The zero-order chi connectivity index (χ0) is 11.6. The molecule has 1 saturated carbocycles. The van der Waals surface area contributed by atoms with Gasteiger partial charge < -0.3 is 4.42 Å². The summed E-state index contributed by atoms with van der Waals surface area (Å²) in [7, 11) is 0. The zero-order valence-electron chi connectivity index (χ0n) is 9.36. The largest absolute Gasteiger partial charge is 0.416 e. The Morgan fingerprint density at radius 2 is 2.38 bits per heavy atom. The molecule has 16 heavy (non-hydrogen) atoms. The molecule has 1 aliphatic rings. The van der Waals surface area contributed by atoms with Crippen LogP contribution in [-0.2, 0) is 0 Å². The third-order valence-electron chi connectivity index (χ3n) is 2.34. The van der Waals surface area contributed by atoms with Gasteiger partial charge in [-0.25, -0.2) is 0 Å². The third-order valence-corrected chi connectivity index (χ3v) is 3.47. The van der Waals surface area contributed by atoms with Crippen LogP contribution in [0.4, 0.5) is 0 Å². The first-order valence-electron chi connectivity index (χ1n) is 5.23. The molecule has 0 spiro atoms. The van der Waals surface area contributed by atoms with Crippen molar-refractivity contribution in [1.29, 1.82) is 5.26 Å². The Morgan fingerprint density at radius 3 is 2.88 bits per heavy atom. The average molecular weight is 238 g/mol. The highest BCUT2D eigenvalue weighted by Gasteiger charge is 2.33. The summed E-state index contributed by atoms with van der Waals surface area (Å²) in [6.07, 6.45) is 2.34. The second-order valence-electron chi connectivity index (χ2n) is 4.24. The van der Waals surface area contributed by atoms with Crippen LogP contribution in [0, 0.1) is 18.3 Å². The monoisotopic (exact) mass is 238 g/mol. The Balaban J connectivity index is 1.89. The molecule has 1 unspecified atom stereocenters. The van der Waals surface area contributed by atoms with E-state index in [0.29, 0.717) is 22.9 Å². The summed E-state index contributed by atoms with van der Waals surface area (Å²) in [4.78, 5) is 0. The number of aromatic nitrogens is 2. The molecule has 0 aromatic carbocycles. The number of thioether (sulfide) groups is 1. The fraction of sp³-hybridized carbons (Fsp3) is 0.700. The van der Waals surface area contributed by atoms with E-state index in [2.05, 4.69) is 21.6 Å². The molecular formula is C10H14N4OS. The first kappa shape index (κ1) is 11.4. The Kier molecular flexibility index (Phi) is 3.17. The van der Waals surface area contributed by atoms with Crippen LogP contribution in [0.25, 0.3) is 0 Å². The van der Waals surface area contributed by atoms with Crippen molar-refractivity contribution < 1.29 is 4.42 Å². The summed E-state index contributed by atoms with van der Waals surface area (Å²) >= 11 is 1.42. The molecule has 1 N–H and O–H groups in total. The maximum atomic E-state index is 9.15. The molecule has 1 atom stereocenters. The summed E-state index contributed by atoms with van der Waals surface area (Å²) in [5, 5.41) is 20.6. The summed E-state index contributed by atoms with van der Waals surface area (Å²) in [5.41, 5.74) is -0.520. The van der Waals surface area contributed by atoms with Crippen LogP contribution >= 0.6 is 11.8 Å². The second-order valence-corrected chi connectivity index (χ2v) is 5.16. The van der Waals surface area contributed by atoms with Gasteiger partial charge >= 0.3 is 0 Å². The van der Waals surface area contributed by atoms with Crippen molar-refractivity contribution in [2.75, 3.05) is 5.75 Å². The molecule has 1 fully saturated rings. The van der Waals surface area contributed by atoms with Crippen LogP contribution < -0.4 is 5.32 Å². The Hall–Kier alpha value is -1.06. The molecule has 6 heteroatoms. The molecule has 0 saturated heterocycles. The van der Waals surface area contributed by atoms with Gasteiger partial charge in [-0.1, -0.05) is 11.8 Å². The van der Waals surface area contributed by atoms with E-state index in [1.165, 1.54) is 24.6 Å². The lowest BCUT2D eigenvalue weighted by molar-refractivity contribution is 0.426. The summed E-state index contributed by atoms with van der Waals surface area (Å²) < 4.78 is 5.25. The molecule has 1 heterocycles. The molecule has 0 radical (unpaired) electrons. The van der Waals surface area contributed by atoms with E-state index in [1.807, 2.05) is 6.92 Å². The molecule has 1 aromatic heterocycles. The van der Waals surface area contributed by atoms with Gasteiger partial charge in [-0.2, -0.15) is 5.26 Å². The zero-order valence-corrected chi connectivity index (χ0v) is 10.2. The van der Waals surface area contributed by atoms with Gasteiger partial charge in [0.1, 0.15) is 5.54 Å². The van der Waals surface area contributed by atoms with Crippen molar-refractivity contribution in [3.63, 3.8) is 0 Å². The molecule has 2 rings (SSSR count). The molecule has 86 valence electrons. The lowest BCUT2D eigenvalue weighted by atomic mass is 10.1. The van der Waals surface area contributed by atoms with Crippen molar-refractivity contribution in [3.8, 4) is 6.07 Å². The van der Waals surface area contributed by atoms with Gasteiger partial charge in [0.2, 0.25) is 5.89 Å². The number of nitrogens with one attached hydrogen (secondary N) is 1. The van der Waals surface area contributed by atoms with Gasteiger partial charge in [-0.15, -0.1) is 10.2 Å². The predicted octanol–water partition coefficient (Wildman–Crippen LogP) is 1.50. The van der Waals surface area contributed by atoms with Gasteiger partial charge in [0, 0.05) is 18.7 Å². The van der Waals surface area contributed by atoms with Crippen LogP contribution in [0.2, 0.25) is 0 Å². The molecule has 0 aliphatic heterocycles. The standard InChI is InChI=1S/C10H14N4OS/c1-7-13-14-9(15-7)16-6-10(2,5-11)12-8-3-4-8/h8,12H,3-4,6H2,1-2H3.